The molecule has 12 rings (SSSR count). The smallest absolute Gasteiger partial charge is 0.162 e. The molecule has 9 aromatic carbocycles. The van der Waals surface area contributed by atoms with Crippen molar-refractivity contribution in [2.75, 3.05) is 9.80 Å². The predicted molar refractivity (Wildman–Crippen MR) is 272 cm³/mol. The van der Waals surface area contributed by atoms with Gasteiger partial charge in [0.15, 0.2) is 16.7 Å². The molecule has 0 unspecified atom stereocenters. The maximum Gasteiger partial charge on any atom is 0.162 e. The number of rotatable bonds is 6. The quantitative estimate of drug-likeness (QED) is 0.156. The molecule has 0 saturated heterocycles. The number of hydrogen-bond donors (Lipinski definition) is 0. The first-order chi connectivity index (χ1) is 32.3. The van der Waals surface area contributed by atoms with Crippen LogP contribution in [0.2, 0.25) is 0 Å². The van der Waals surface area contributed by atoms with Gasteiger partial charge in [-0.25, -0.2) is 8.78 Å². The zero-order valence-electron chi connectivity index (χ0n) is 38.0. The van der Waals surface area contributed by atoms with Crippen LogP contribution in [0.3, 0.4) is 0 Å². The van der Waals surface area contributed by atoms with Crippen LogP contribution < -0.4 is 9.80 Å². The van der Waals surface area contributed by atoms with Crippen molar-refractivity contribution in [2.45, 2.75) is 52.4 Å². The minimum absolute atomic E-state index is 0.184. The molecule has 0 aliphatic heterocycles. The van der Waals surface area contributed by atoms with Gasteiger partial charge in [-0.05, 0) is 77.6 Å². The lowest BCUT2D eigenvalue weighted by Gasteiger charge is -2.31. The highest BCUT2D eigenvalue weighted by atomic mass is 19.1. The van der Waals surface area contributed by atoms with Crippen molar-refractivity contribution < 1.29 is 22.0 Å². The largest absolute Gasteiger partial charge is 0.454 e. The molecule has 0 radical (unpaired) electrons. The summed E-state index contributed by atoms with van der Waals surface area (Å²) in [5, 5.41) is 7.43. The maximum atomic E-state index is 15.0. The third-order valence-corrected chi connectivity index (χ3v) is 13.2. The fourth-order valence-electron chi connectivity index (χ4n) is 10.2. The summed E-state index contributed by atoms with van der Waals surface area (Å²) in [7, 11) is 0. The number of halogens is 2. The fourth-order valence-corrected chi connectivity index (χ4v) is 10.2. The minimum Gasteiger partial charge on any atom is -0.454 e. The normalized spacial score (nSPS) is 12.5. The number of fused-ring (bicyclic) bond motifs is 10. The van der Waals surface area contributed by atoms with Crippen LogP contribution in [-0.4, -0.2) is 0 Å². The zero-order chi connectivity index (χ0) is 45.9. The average molecular weight is 881 g/mol. The summed E-state index contributed by atoms with van der Waals surface area (Å²) in [4.78, 5) is 4.33. The van der Waals surface area contributed by atoms with Gasteiger partial charge < -0.3 is 23.1 Å². The lowest BCUT2D eigenvalue weighted by molar-refractivity contribution is 0.572. The van der Waals surface area contributed by atoms with Crippen LogP contribution >= 0.6 is 0 Å². The summed E-state index contributed by atoms with van der Waals surface area (Å²) in [6.07, 6.45) is 0. The number of hydrogen-bond acceptors (Lipinski definition) is 5. The molecule has 0 saturated carbocycles. The number of benzene rings is 9. The van der Waals surface area contributed by atoms with E-state index in [-0.39, 0.29) is 22.5 Å². The monoisotopic (exact) mass is 880 g/mol. The average Bonchev–Trinajstić information content (AvgIpc) is 4.02. The van der Waals surface area contributed by atoms with E-state index in [1.54, 1.807) is 12.1 Å². The molecule has 0 aliphatic carbocycles. The first kappa shape index (κ1) is 40.6. The third-order valence-electron chi connectivity index (χ3n) is 13.2. The van der Waals surface area contributed by atoms with E-state index in [2.05, 4.69) is 142 Å². The molecular weight excluding hydrogens is 835 g/mol. The van der Waals surface area contributed by atoms with Gasteiger partial charge in [-0.15, -0.1) is 0 Å². The Balaban J connectivity index is 1.23. The fraction of sp³-hybridized carbons (Fsp3) is 0.133. The summed E-state index contributed by atoms with van der Waals surface area (Å²) < 4.78 is 51.4. The molecule has 0 amide bonds. The molecule has 3 aromatic heterocycles. The molecule has 328 valence electrons. The number of anilines is 6. The van der Waals surface area contributed by atoms with E-state index in [0.717, 1.165) is 93.8 Å². The number of furan rings is 3. The van der Waals surface area contributed by atoms with Crippen molar-refractivity contribution >= 4 is 111 Å². The van der Waals surface area contributed by atoms with Gasteiger partial charge in [0.2, 0.25) is 0 Å². The predicted octanol–water partition coefficient (Wildman–Crippen LogP) is 18.4. The van der Waals surface area contributed by atoms with Crippen LogP contribution in [-0.2, 0) is 10.8 Å². The molecule has 0 atom stereocenters. The Hall–Kier alpha value is -7.90. The summed E-state index contributed by atoms with van der Waals surface area (Å²) >= 11 is 0. The van der Waals surface area contributed by atoms with Crippen LogP contribution in [0.25, 0.3) is 76.6 Å². The van der Waals surface area contributed by atoms with Gasteiger partial charge in [0.05, 0.1) is 28.1 Å². The summed E-state index contributed by atoms with van der Waals surface area (Å²) in [5.74, 6) is -0.692. The van der Waals surface area contributed by atoms with Crippen molar-refractivity contribution in [3.63, 3.8) is 0 Å². The van der Waals surface area contributed by atoms with E-state index >= 15 is 8.78 Å². The van der Waals surface area contributed by atoms with Crippen molar-refractivity contribution in [3.05, 3.63) is 193 Å². The Morgan fingerprint density at radius 2 is 0.731 bits per heavy atom. The number of para-hydroxylation sites is 5. The highest BCUT2D eigenvalue weighted by Gasteiger charge is 2.33. The first-order valence-corrected chi connectivity index (χ1v) is 22.7. The summed E-state index contributed by atoms with van der Waals surface area (Å²) in [5.41, 5.74) is 10.7. The minimum atomic E-state index is -0.348. The van der Waals surface area contributed by atoms with Crippen LogP contribution in [0, 0.1) is 11.6 Å². The zero-order valence-corrected chi connectivity index (χ0v) is 38.0. The topological polar surface area (TPSA) is 45.9 Å². The van der Waals surface area contributed by atoms with E-state index in [1.807, 2.05) is 42.5 Å². The Bertz CT molecular complexity index is 3920. The van der Waals surface area contributed by atoms with E-state index < -0.39 is 0 Å². The van der Waals surface area contributed by atoms with Crippen LogP contribution in [0.15, 0.2) is 183 Å². The summed E-state index contributed by atoms with van der Waals surface area (Å²) in [6, 6.07) is 54.7. The van der Waals surface area contributed by atoms with Crippen molar-refractivity contribution in [3.8, 4) is 0 Å². The molecule has 7 heteroatoms. The molecule has 67 heavy (non-hydrogen) atoms. The van der Waals surface area contributed by atoms with Gasteiger partial charge in [0.25, 0.3) is 0 Å². The van der Waals surface area contributed by atoms with Crippen LogP contribution in [0.1, 0.15) is 52.7 Å². The van der Waals surface area contributed by atoms with E-state index in [0.29, 0.717) is 28.0 Å². The van der Waals surface area contributed by atoms with E-state index in [4.69, 9.17) is 13.3 Å². The molecule has 0 N–H and O–H groups in total. The van der Waals surface area contributed by atoms with Gasteiger partial charge in [0.1, 0.15) is 28.4 Å². The molecule has 0 aliphatic rings. The number of nitrogens with zero attached hydrogens (tertiary/aromatic N) is 2. The van der Waals surface area contributed by atoms with E-state index in [1.165, 1.54) is 24.3 Å². The Morgan fingerprint density at radius 3 is 1.21 bits per heavy atom. The lowest BCUT2D eigenvalue weighted by Crippen LogP contribution is -2.14. The highest BCUT2D eigenvalue weighted by Crippen LogP contribution is 2.56. The first-order valence-electron chi connectivity index (χ1n) is 22.7. The standard InChI is InChI=1S/C60H46F2N2O3/c1-59(2,3)46-22-11-18-41-43-20-13-24-48(56(43)66-54(41)46)63(37-31-27-35(61)28-32-37)52-39-15-7-8-16-40(39)53(58-51(52)45-17-9-10-26-50(45)65-58)64(38-33-29-36(62)30-34-38)49-25-14-21-44-42-19-12-23-47(60(4,5)6)55(42)67-57(44)49/h7-34H,1-6H3. The SMILES string of the molecule is CC(C)(C)c1cccc2c1oc1c(N(c3ccc(F)cc3)c3c4ccccc4c(N(c4ccc(F)cc4)c4cccc5c4oc4c(C(C)(C)C)cccc45)c4c3oc3ccccc34)cccc12. The van der Waals surface area contributed by atoms with Crippen molar-refractivity contribution in [2.24, 2.45) is 0 Å². The highest BCUT2D eigenvalue weighted by molar-refractivity contribution is 6.29. The van der Waals surface area contributed by atoms with Gasteiger partial charge >= 0.3 is 0 Å². The van der Waals surface area contributed by atoms with Gasteiger partial charge in [-0.3, -0.25) is 0 Å². The van der Waals surface area contributed by atoms with Gasteiger partial charge in [0, 0.05) is 60.2 Å². The van der Waals surface area contributed by atoms with Crippen molar-refractivity contribution in [1.29, 1.82) is 0 Å². The van der Waals surface area contributed by atoms with Crippen LogP contribution in [0.5, 0.6) is 0 Å². The molecule has 12 aromatic rings. The molecular formula is C60H46F2N2O3. The third kappa shape index (κ3) is 6.32. The second kappa shape index (κ2) is 14.8. The Labute approximate surface area is 386 Å². The second-order valence-electron chi connectivity index (χ2n) is 19.5. The Kier molecular flexibility index (Phi) is 8.97. The summed E-state index contributed by atoms with van der Waals surface area (Å²) in [6.45, 7) is 13.2. The molecule has 5 nitrogen and oxygen atoms in total. The molecule has 0 spiro atoms. The molecule has 3 heterocycles. The van der Waals surface area contributed by atoms with E-state index in [9.17, 15) is 0 Å². The van der Waals surface area contributed by atoms with Gasteiger partial charge in [-0.1, -0.05) is 145 Å². The van der Waals surface area contributed by atoms with Crippen molar-refractivity contribution in [1.82, 2.24) is 0 Å². The lowest BCUT2D eigenvalue weighted by atomic mass is 9.86. The second-order valence-corrected chi connectivity index (χ2v) is 19.5. The molecule has 0 bridgehead atoms. The maximum absolute atomic E-state index is 15.0. The molecule has 0 fully saturated rings. The Morgan fingerprint density at radius 1 is 0.343 bits per heavy atom. The van der Waals surface area contributed by atoms with Gasteiger partial charge in [-0.2, -0.15) is 0 Å². The van der Waals surface area contributed by atoms with Crippen LogP contribution in [0.4, 0.5) is 42.9 Å².